The van der Waals surface area contributed by atoms with Crippen LogP contribution in [0.2, 0.25) is 0 Å². The van der Waals surface area contributed by atoms with E-state index in [2.05, 4.69) is 56.9 Å². The van der Waals surface area contributed by atoms with Crippen molar-refractivity contribution in [2.75, 3.05) is 19.6 Å². The smallest absolute Gasteiger partial charge is 0.147 e. The van der Waals surface area contributed by atoms with Gasteiger partial charge in [-0.15, -0.1) is 10.2 Å². The van der Waals surface area contributed by atoms with E-state index in [0.717, 1.165) is 44.4 Å². The van der Waals surface area contributed by atoms with Gasteiger partial charge in [0.05, 0.1) is 6.54 Å². The van der Waals surface area contributed by atoms with Crippen molar-refractivity contribution in [3.63, 3.8) is 0 Å². The van der Waals surface area contributed by atoms with E-state index in [-0.39, 0.29) is 0 Å². The summed E-state index contributed by atoms with van der Waals surface area (Å²) in [6.45, 7) is 8.74. The molecule has 0 saturated carbocycles. The van der Waals surface area contributed by atoms with Gasteiger partial charge in [0.15, 0.2) is 0 Å². The van der Waals surface area contributed by atoms with Crippen LogP contribution in [0.5, 0.6) is 0 Å². The fourth-order valence-corrected chi connectivity index (χ4v) is 3.56. The Balaban J connectivity index is 1.74. The molecular formula is C17H25N5. The van der Waals surface area contributed by atoms with Gasteiger partial charge < -0.3 is 10.3 Å². The minimum absolute atomic E-state index is 0.515. The van der Waals surface area contributed by atoms with Crippen LogP contribution in [0.4, 0.5) is 0 Å². The highest BCUT2D eigenvalue weighted by atomic mass is 15.3. The Bertz CT molecular complexity index is 607. The molecule has 1 saturated heterocycles. The topological polar surface area (TPSA) is 60.0 Å². The summed E-state index contributed by atoms with van der Waals surface area (Å²) in [6.07, 6.45) is 0. The van der Waals surface area contributed by atoms with E-state index in [1.807, 2.05) is 6.92 Å². The molecule has 3 rings (SSSR count). The molecule has 0 aliphatic carbocycles. The van der Waals surface area contributed by atoms with Crippen molar-refractivity contribution in [3.8, 4) is 0 Å². The van der Waals surface area contributed by atoms with Crippen molar-refractivity contribution in [2.45, 2.75) is 32.9 Å². The second-order valence-corrected chi connectivity index (χ2v) is 6.11. The van der Waals surface area contributed by atoms with Crippen molar-refractivity contribution >= 4 is 0 Å². The van der Waals surface area contributed by atoms with E-state index < -0.39 is 0 Å². The van der Waals surface area contributed by atoms with Crippen molar-refractivity contribution in [1.29, 1.82) is 0 Å². The average molecular weight is 299 g/mol. The van der Waals surface area contributed by atoms with Crippen LogP contribution >= 0.6 is 0 Å². The van der Waals surface area contributed by atoms with E-state index in [9.17, 15) is 0 Å². The van der Waals surface area contributed by atoms with Crippen LogP contribution < -0.4 is 5.73 Å². The first-order valence-corrected chi connectivity index (χ1v) is 8.09. The number of benzene rings is 1. The van der Waals surface area contributed by atoms with E-state index in [1.165, 1.54) is 5.56 Å². The van der Waals surface area contributed by atoms with Gasteiger partial charge in [-0.05, 0) is 31.9 Å². The van der Waals surface area contributed by atoms with Gasteiger partial charge in [-0.1, -0.05) is 30.3 Å². The number of hydrogen-bond donors (Lipinski definition) is 1. The third kappa shape index (κ3) is 2.91. The van der Waals surface area contributed by atoms with E-state index >= 15 is 0 Å². The summed E-state index contributed by atoms with van der Waals surface area (Å²) in [7, 11) is 0. The fraction of sp³-hybridized carbons (Fsp3) is 0.529. The van der Waals surface area contributed by atoms with Crippen LogP contribution in [0, 0.1) is 12.8 Å². The molecule has 1 aromatic heterocycles. The lowest BCUT2D eigenvalue weighted by atomic mass is 9.89. The van der Waals surface area contributed by atoms with Gasteiger partial charge in [-0.2, -0.15) is 0 Å². The van der Waals surface area contributed by atoms with E-state index in [1.54, 1.807) is 0 Å². The van der Waals surface area contributed by atoms with Crippen molar-refractivity contribution in [2.24, 2.45) is 11.7 Å². The molecule has 0 unspecified atom stereocenters. The summed E-state index contributed by atoms with van der Waals surface area (Å²) in [4.78, 5) is 2.46. The largest absolute Gasteiger partial charge is 0.330 e. The highest BCUT2D eigenvalue weighted by molar-refractivity contribution is 5.22. The molecule has 0 radical (unpaired) electrons. The second kappa shape index (κ2) is 6.58. The maximum atomic E-state index is 6.02. The molecule has 1 fully saturated rings. The van der Waals surface area contributed by atoms with Crippen LogP contribution in [0.1, 0.15) is 30.1 Å². The molecular weight excluding hydrogens is 274 g/mol. The molecule has 1 aliphatic heterocycles. The first-order valence-electron chi connectivity index (χ1n) is 8.09. The molecule has 2 heterocycles. The van der Waals surface area contributed by atoms with Crippen LogP contribution in [-0.4, -0.2) is 39.3 Å². The van der Waals surface area contributed by atoms with Gasteiger partial charge in [0.25, 0.3) is 0 Å². The monoisotopic (exact) mass is 299 g/mol. The highest BCUT2D eigenvalue weighted by Crippen LogP contribution is 2.32. The van der Waals surface area contributed by atoms with Crippen molar-refractivity contribution < 1.29 is 0 Å². The van der Waals surface area contributed by atoms with E-state index in [0.29, 0.717) is 11.8 Å². The number of nitrogens with two attached hydrogens (primary N) is 1. The predicted octanol–water partition coefficient (Wildman–Crippen LogP) is 1.78. The first kappa shape index (κ1) is 15.2. The normalized spacial score (nSPS) is 22.3. The number of likely N-dealkylation sites (tertiary alicyclic amines) is 1. The van der Waals surface area contributed by atoms with Gasteiger partial charge >= 0.3 is 0 Å². The summed E-state index contributed by atoms with van der Waals surface area (Å²) in [5.74, 6) is 3.09. The maximum absolute atomic E-state index is 6.02. The zero-order chi connectivity index (χ0) is 15.5. The quantitative estimate of drug-likeness (QED) is 0.914. The van der Waals surface area contributed by atoms with Gasteiger partial charge in [0.1, 0.15) is 11.6 Å². The Morgan fingerprint density at radius 2 is 1.95 bits per heavy atom. The highest BCUT2D eigenvalue weighted by Gasteiger charge is 2.33. The first-order chi connectivity index (χ1) is 10.7. The summed E-state index contributed by atoms with van der Waals surface area (Å²) in [6, 6.07) is 10.7. The number of aryl methyl sites for hydroxylation is 1. The van der Waals surface area contributed by atoms with E-state index in [4.69, 9.17) is 5.73 Å². The summed E-state index contributed by atoms with van der Waals surface area (Å²) >= 11 is 0. The van der Waals surface area contributed by atoms with Crippen LogP contribution in [0.15, 0.2) is 30.3 Å². The van der Waals surface area contributed by atoms with Gasteiger partial charge in [0.2, 0.25) is 0 Å². The summed E-state index contributed by atoms with van der Waals surface area (Å²) in [5, 5.41) is 8.55. The minimum Gasteiger partial charge on any atom is -0.330 e. The van der Waals surface area contributed by atoms with Crippen molar-refractivity contribution in [1.82, 2.24) is 19.7 Å². The zero-order valence-corrected chi connectivity index (χ0v) is 13.4. The Morgan fingerprint density at radius 3 is 2.64 bits per heavy atom. The summed E-state index contributed by atoms with van der Waals surface area (Å²) < 4.78 is 2.19. The van der Waals surface area contributed by atoms with Gasteiger partial charge in [0, 0.05) is 25.6 Å². The SMILES string of the molecule is CCn1c(C)nnc1CN1C[C@@H](CN)[C@H](c2ccccc2)C1. The lowest BCUT2D eigenvalue weighted by Crippen LogP contribution is -2.24. The lowest BCUT2D eigenvalue weighted by Gasteiger charge is -2.16. The third-order valence-electron chi connectivity index (χ3n) is 4.74. The number of aromatic nitrogens is 3. The van der Waals surface area contributed by atoms with Crippen molar-refractivity contribution in [3.05, 3.63) is 47.5 Å². The van der Waals surface area contributed by atoms with Crippen LogP contribution in [-0.2, 0) is 13.1 Å². The number of rotatable bonds is 5. The van der Waals surface area contributed by atoms with Gasteiger partial charge in [-0.25, -0.2) is 0 Å². The number of nitrogens with zero attached hydrogens (tertiary/aromatic N) is 4. The molecule has 0 bridgehead atoms. The number of hydrogen-bond acceptors (Lipinski definition) is 4. The molecule has 22 heavy (non-hydrogen) atoms. The lowest BCUT2D eigenvalue weighted by molar-refractivity contribution is 0.303. The zero-order valence-electron chi connectivity index (χ0n) is 13.4. The standard InChI is InChI=1S/C17H25N5/c1-3-22-13(2)19-20-17(22)12-21-10-15(9-18)16(11-21)14-7-5-4-6-8-14/h4-8,15-16H,3,9-12,18H2,1-2H3/t15-,16+/m1/s1. The summed E-state index contributed by atoms with van der Waals surface area (Å²) in [5.41, 5.74) is 7.41. The molecule has 118 valence electrons. The second-order valence-electron chi connectivity index (χ2n) is 6.11. The predicted molar refractivity (Wildman–Crippen MR) is 87.4 cm³/mol. The molecule has 0 amide bonds. The third-order valence-corrected chi connectivity index (χ3v) is 4.74. The van der Waals surface area contributed by atoms with Crippen LogP contribution in [0.3, 0.4) is 0 Å². The Hall–Kier alpha value is -1.72. The molecule has 2 N–H and O–H groups in total. The fourth-order valence-electron chi connectivity index (χ4n) is 3.56. The molecule has 1 aromatic carbocycles. The Kier molecular flexibility index (Phi) is 4.55. The maximum Gasteiger partial charge on any atom is 0.147 e. The Labute approximate surface area is 132 Å². The molecule has 2 aromatic rings. The Morgan fingerprint density at radius 1 is 1.18 bits per heavy atom. The molecule has 2 atom stereocenters. The van der Waals surface area contributed by atoms with Crippen LogP contribution in [0.25, 0.3) is 0 Å². The molecule has 0 spiro atoms. The molecule has 5 heteroatoms. The average Bonchev–Trinajstić information content (AvgIpc) is 3.12. The molecule has 1 aliphatic rings. The molecule has 5 nitrogen and oxygen atoms in total. The van der Waals surface area contributed by atoms with Gasteiger partial charge in [-0.3, -0.25) is 4.90 Å². The minimum atomic E-state index is 0.515.